The maximum absolute atomic E-state index is 12.4. The minimum atomic E-state index is -0.324. The first-order valence-electron chi connectivity index (χ1n) is 7.50. The van der Waals surface area contributed by atoms with Crippen molar-refractivity contribution in [3.05, 3.63) is 35.1 Å². The molecule has 0 spiro atoms. The minimum Gasteiger partial charge on any atom is -0.464 e. The van der Waals surface area contributed by atoms with Crippen LogP contribution in [0.15, 0.2) is 22.8 Å². The van der Waals surface area contributed by atoms with Crippen LogP contribution in [0, 0.1) is 19.8 Å². The molecule has 1 fully saturated rings. The molecule has 0 radical (unpaired) electrons. The lowest BCUT2D eigenvalue weighted by atomic mass is 10.0. The minimum absolute atomic E-state index is 0.0182. The van der Waals surface area contributed by atoms with E-state index < -0.39 is 0 Å². The molecule has 5 nitrogen and oxygen atoms in total. The summed E-state index contributed by atoms with van der Waals surface area (Å²) in [5.74, 6) is -0.519. The fraction of sp³-hybridized carbons (Fsp3) is 0.412. The summed E-state index contributed by atoms with van der Waals surface area (Å²) in [4.78, 5) is 25.3. The van der Waals surface area contributed by atoms with Gasteiger partial charge in [-0.1, -0.05) is 0 Å². The van der Waals surface area contributed by atoms with E-state index in [-0.39, 0.29) is 17.7 Å². The zero-order chi connectivity index (χ0) is 15.9. The van der Waals surface area contributed by atoms with Crippen molar-refractivity contribution in [3.63, 3.8) is 0 Å². The molecule has 0 unspecified atom stereocenters. The molecule has 2 heterocycles. The van der Waals surface area contributed by atoms with Gasteiger partial charge in [-0.3, -0.25) is 9.59 Å². The van der Waals surface area contributed by atoms with Gasteiger partial charge in [0.05, 0.1) is 18.6 Å². The van der Waals surface area contributed by atoms with Crippen molar-refractivity contribution in [2.45, 2.75) is 26.7 Å². The molecular formula is C17H20N2O3. The second-order valence-electron chi connectivity index (χ2n) is 6.10. The van der Waals surface area contributed by atoms with Crippen LogP contribution in [0.2, 0.25) is 0 Å². The van der Waals surface area contributed by atoms with Crippen LogP contribution in [0.3, 0.4) is 0 Å². The Kier molecular flexibility index (Phi) is 3.64. The molecule has 2 amide bonds. The fourth-order valence-corrected chi connectivity index (χ4v) is 2.97. The smallest absolute Gasteiger partial charge is 0.227 e. The Morgan fingerprint density at radius 1 is 1.32 bits per heavy atom. The standard InChI is InChI=1S/C17H20N2O3/c1-10-5-14-13(9-22-15(14)6-11(10)2)7-16(20)19-4-3-12(8-19)17(18)21/h5-6,9,12H,3-4,7-8H2,1-2H3,(H2,18,21)/t12-/m0/s1. The Bertz CT molecular complexity index is 748. The molecule has 2 aromatic rings. The quantitative estimate of drug-likeness (QED) is 0.941. The molecule has 1 saturated heterocycles. The molecule has 1 aromatic carbocycles. The van der Waals surface area contributed by atoms with E-state index in [1.54, 1.807) is 11.2 Å². The Morgan fingerprint density at radius 3 is 2.73 bits per heavy atom. The Hall–Kier alpha value is -2.30. The van der Waals surface area contributed by atoms with Crippen molar-refractivity contribution in [2.24, 2.45) is 11.7 Å². The van der Waals surface area contributed by atoms with E-state index in [9.17, 15) is 9.59 Å². The molecule has 1 aliphatic rings. The van der Waals surface area contributed by atoms with Gasteiger partial charge in [0.1, 0.15) is 5.58 Å². The molecule has 2 N–H and O–H groups in total. The van der Waals surface area contributed by atoms with Crippen LogP contribution in [0.1, 0.15) is 23.1 Å². The monoisotopic (exact) mass is 300 g/mol. The molecule has 1 aromatic heterocycles. The lowest BCUT2D eigenvalue weighted by Gasteiger charge is -2.15. The lowest BCUT2D eigenvalue weighted by molar-refractivity contribution is -0.129. The Balaban J connectivity index is 1.77. The average molecular weight is 300 g/mol. The molecule has 3 rings (SSSR count). The van der Waals surface area contributed by atoms with E-state index in [2.05, 4.69) is 6.07 Å². The van der Waals surface area contributed by atoms with Crippen molar-refractivity contribution >= 4 is 22.8 Å². The number of nitrogens with zero attached hydrogens (tertiary/aromatic N) is 1. The highest BCUT2D eigenvalue weighted by atomic mass is 16.3. The predicted octanol–water partition coefficient (Wildman–Crippen LogP) is 1.93. The van der Waals surface area contributed by atoms with Gasteiger partial charge in [-0.2, -0.15) is 0 Å². The summed E-state index contributed by atoms with van der Waals surface area (Å²) < 4.78 is 5.56. The fourth-order valence-electron chi connectivity index (χ4n) is 2.97. The second kappa shape index (κ2) is 5.48. The Morgan fingerprint density at radius 2 is 2.05 bits per heavy atom. The molecule has 5 heteroatoms. The number of rotatable bonds is 3. The van der Waals surface area contributed by atoms with Gasteiger partial charge in [-0.05, 0) is 43.5 Å². The zero-order valence-electron chi connectivity index (χ0n) is 12.9. The largest absolute Gasteiger partial charge is 0.464 e. The average Bonchev–Trinajstić information content (AvgIpc) is 3.08. The van der Waals surface area contributed by atoms with Crippen molar-refractivity contribution in [2.75, 3.05) is 13.1 Å². The maximum Gasteiger partial charge on any atom is 0.227 e. The summed E-state index contributed by atoms with van der Waals surface area (Å²) in [6.45, 7) is 5.12. The molecule has 0 saturated carbocycles. The molecule has 116 valence electrons. The van der Waals surface area contributed by atoms with E-state index in [0.29, 0.717) is 25.9 Å². The van der Waals surface area contributed by atoms with Gasteiger partial charge in [0.25, 0.3) is 0 Å². The molecular weight excluding hydrogens is 280 g/mol. The van der Waals surface area contributed by atoms with Crippen molar-refractivity contribution in [1.82, 2.24) is 4.90 Å². The molecule has 1 atom stereocenters. The van der Waals surface area contributed by atoms with E-state index in [4.69, 9.17) is 10.2 Å². The van der Waals surface area contributed by atoms with E-state index in [1.807, 2.05) is 19.9 Å². The number of amides is 2. The number of fused-ring (bicyclic) bond motifs is 1. The van der Waals surface area contributed by atoms with Crippen molar-refractivity contribution < 1.29 is 14.0 Å². The van der Waals surface area contributed by atoms with Crippen LogP contribution in [0.5, 0.6) is 0 Å². The predicted molar refractivity (Wildman–Crippen MR) is 83.3 cm³/mol. The van der Waals surface area contributed by atoms with Crippen LogP contribution < -0.4 is 5.73 Å². The molecule has 0 aliphatic carbocycles. The van der Waals surface area contributed by atoms with Crippen molar-refractivity contribution in [3.8, 4) is 0 Å². The number of furan rings is 1. The van der Waals surface area contributed by atoms with Gasteiger partial charge in [0.2, 0.25) is 11.8 Å². The SMILES string of the molecule is Cc1cc2occ(CC(=O)N3CC[C@H](C(N)=O)C3)c2cc1C. The number of hydrogen-bond acceptors (Lipinski definition) is 3. The highest BCUT2D eigenvalue weighted by Gasteiger charge is 2.29. The summed E-state index contributed by atoms with van der Waals surface area (Å²) in [5, 5.41) is 0.988. The number of carbonyl (C=O) groups is 2. The first-order valence-corrected chi connectivity index (χ1v) is 7.50. The van der Waals surface area contributed by atoms with E-state index >= 15 is 0 Å². The van der Waals surface area contributed by atoms with Crippen LogP contribution in [0.25, 0.3) is 11.0 Å². The molecule has 22 heavy (non-hydrogen) atoms. The zero-order valence-corrected chi connectivity index (χ0v) is 12.9. The number of hydrogen-bond donors (Lipinski definition) is 1. The third-order valence-corrected chi connectivity index (χ3v) is 4.56. The number of primary amides is 1. The summed E-state index contributed by atoms with van der Waals surface area (Å²) >= 11 is 0. The summed E-state index contributed by atoms with van der Waals surface area (Å²) in [6.07, 6.45) is 2.61. The van der Waals surface area contributed by atoms with Gasteiger partial charge >= 0.3 is 0 Å². The summed E-state index contributed by atoms with van der Waals surface area (Å²) in [5.41, 5.74) is 9.36. The summed E-state index contributed by atoms with van der Waals surface area (Å²) in [7, 11) is 0. The third kappa shape index (κ3) is 2.58. The van der Waals surface area contributed by atoms with Gasteiger partial charge in [-0.15, -0.1) is 0 Å². The van der Waals surface area contributed by atoms with Crippen LogP contribution >= 0.6 is 0 Å². The van der Waals surface area contributed by atoms with Gasteiger partial charge in [0, 0.05) is 24.0 Å². The van der Waals surface area contributed by atoms with E-state index in [1.165, 1.54) is 11.1 Å². The first-order chi connectivity index (χ1) is 10.5. The summed E-state index contributed by atoms with van der Waals surface area (Å²) in [6, 6.07) is 4.06. The number of aryl methyl sites for hydroxylation is 2. The highest BCUT2D eigenvalue weighted by molar-refractivity contribution is 5.89. The Labute approximate surface area is 129 Å². The number of nitrogens with two attached hydrogens (primary N) is 1. The van der Waals surface area contributed by atoms with E-state index in [0.717, 1.165) is 16.5 Å². The lowest BCUT2D eigenvalue weighted by Crippen LogP contribution is -2.32. The molecule has 0 bridgehead atoms. The maximum atomic E-state index is 12.4. The van der Waals surface area contributed by atoms with Gasteiger partial charge < -0.3 is 15.1 Å². The topological polar surface area (TPSA) is 76.5 Å². The normalized spacial score (nSPS) is 18.1. The highest BCUT2D eigenvalue weighted by Crippen LogP contribution is 2.26. The van der Waals surface area contributed by atoms with Gasteiger partial charge in [-0.25, -0.2) is 0 Å². The number of likely N-dealkylation sites (tertiary alicyclic amines) is 1. The second-order valence-corrected chi connectivity index (χ2v) is 6.10. The number of benzene rings is 1. The first kappa shape index (κ1) is 14.6. The number of carbonyl (C=O) groups excluding carboxylic acids is 2. The van der Waals surface area contributed by atoms with Gasteiger partial charge in [0.15, 0.2) is 0 Å². The van der Waals surface area contributed by atoms with Crippen molar-refractivity contribution in [1.29, 1.82) is 0 Å². The van der Waals surface area contributed by atoms with Crippen LogP contribution in [-0.2, 0) is 16.0 Å². The van der Waals surface area contributed by atoms with Crippen LogP contribution in [0.4, 0.5) is 0 Å². The third-order valence-electron chi connectivity index (χ3n) is 4.56. The molecule has 1 aliphatic heterocycles. The van der Waals surface area contributed by atoms with Crippen LogP contribution in [-0.4, -0.2) is 29.8 Å².